The summed E-state index contributed by atoms with van der Waals surface area (Å²) in [6, 6.07) is 4.05. The molecule has 3 aromatic rings. The molecule has 0 atom stereocenters. The molecule has 14 heteroatoms. The van der Waals surface area contributed by atoms with Crippen LogP contribution in [0, 0.1) is 0 Å². The van der Waals surface area contributed by atoms with E-state index in [-0.39, 0.29) is 41.4 Å². The average Bonchev–Trinajstić information content (AvgIpc) is 3.37. The summed E-state index contributed by atoms with van der Waals surface area (Å²) < 4.78 is 69.5. The third-order valence-electron chi connectivity index (χ3n) is 6.09. The van der Waals surface area contributed by atoms with E-state index in [2.05, 4.69) is 31.1 Å². The van der Waals surface area contributed by atoms with Crippen molar-refractivity contribution in [2.45, 2.75) is 56.9 Å². The van der Waals surface area contributed by atoms with Crippen LogP contribution in [-0.2, 0) is 17.6 Å². The largest absolute Gasteiger partial charge is 0.426 e. The summed E-state index contributed by atoms with van der Waals surface area (Å²) in [6.45, 7) is 5.40. The van der Waals surface area contributed by atoms with E-state index < -0.39 is 29.7 Å². The highest BCUT2D eigenvalue weighted by Gasteiger charge is 2.65. The van der Waals surface area contributed by atoms with E-state index in [9.17, 15) is 22.0 Å². The van der Waals surface area contributed by atoms with Crippen LogP contribution in [0.3, 0.4) is 0 Å². The first kappa shape index (κ1) is 24.1. The number of hydrazine groups is 1. The van der Waals surface area contributed by atoms with Crippen LogP contribution in [0.4, 0.5) is 27.8 Å². The Morgan fingerprint density at radius 1 is 1.11 bits per heavy atom. The SMILES string of the molecule is CC(C)(C)c1nc(N2CCC(F)(F)C2)c2nnn(Cc3ccc(C4(C(F)(F)F)NN4)cc3Cl)c2n1. The minimum Gasteiger partial charge on any atom is -0.348 e. The molecule has 2 N–H and O–H groups in total. The van der Waals surface area contributed by atoms with Gasteiger partial charge in [-0.1, -0.05) is 49.7 Å². The number of benzene rings is 1. The number of fused-ring (bicyclic) bond motifs is 1. The molecule has 0 aliphatic carbocycles. The van der Waals surface area contributed by atoms with Crippen LogP contribution < -0.4 is 15.8 Å². The third kappa shape index (κ3) is 4.19. The van der Waals surface area contributed by atoms with Crippen molar-refractivity contribution in [3.05, 3.63) is 40.2 Å². The molecule has 35 heavy (non-hydrogen) atoms. The van der Waals surface area contributed by atoms with Crippen LogP contribution in [0.15, 0.2) is 18.2 Å². The number of halogens is 6. The molecular weight excluding hydrogens is 495 g/mol. The molecule has 2 aliphatic rings. The minimum atomic E-state index is -4.55. The average molecular weight is 517 g/mol. The van der Waals surface area contributed by atoms with Crippen molar-refractivity contribution in [3.63, 3.8) is 0 Å². The highest BCUT2D eigenvalue weighted by molar-refractivity contribution is 6.31. The lowest BCUT2D eigenvalue weighted by molar-refractivity contribution is -0.165. The molecule has 0 amide bonds. The van der Waals surface area contributed by atoms with Gasteiger partial charge in [0.25, 0.3) is 5.92 Å². The lowest BCUT2D eigenvalue weighted by Crippen LogP contribution is -2.34. The van der Waals surface area contributed by atoms with Crippen LogP contribution in [0.2, 0.25) is 5.02 Å². The second kappa shape index (κ2) is 7.68. The first-order chi connectivity index (χ1) is 16.2. The normalized spacial score (nSPS) is 19.5. The van der Waals surface area contributed by atoms with E-state index in [4.69, 9.17) is 11.6 Å². The Balaban J connectivity index is 1.53. The fourth-order valence-corrected chi connectivity index (χ4v) is 4.24. The molecule has 2 fully saturated rings. The Morgan fingerprint density at radius 3 is 2.37 bits per heavy atom. The molecule has 188 valence electrons. The number of hydrogen-bond donors (Lipinski definition) is 2. The maximum Gasteiger partial charge on any atom is 0.426 e. The maximum atomic E-state index is 13.9. The first-order valence-electron chi connectivity index (χ1n) is 10.8. The Hall–Kier alpha value is -2.64. The molecule has 2 saturated heterocycles. The van der Waals surface area contributed by atoms with Crippen LogP contribution in [0.5, 0.6) is 0 Å². The van der Waals surface area contributed by atoms with Gasteiger partial charge in [0.15, 0.2) is 17.0 Å². The topological polar surface area (TPSA) is 104 Å². The van der Waals surface area contributed by atoms with Crippen molar-refractivity contribution in [1.29, 1.82) is 0 Å². The van der Waals surface area contributed by atoms with Crippen molar-refractivity contribution in [1.82, 2.24) is 35.8 Å². The second-order valence-electron chi connectivity index (χ2n) is 9.87. The van der Waals surface area contributed by atoms with E-state index in [0.29, 0.717) is 17.0 Å². The molecule has 4 heterocycles. The minimum absolute atomic E-state index is 0.0612. The van der Waals surface area contributed by atoms with E-state index in [1.54, 1.807) is 0 Å². The predicted molar refractivity (Wildman–Crippen MR) is 118 cm³/mol. The van der Waals surface area contributed by atoms with Gasteiger partial charge >= 0.3 is 6.18 Å². The van der Waals surface area contributed by atoms with Crippen LogP contribution in [0.1, 0.15) is 44.1 Å². The number of anilines is 1. The Labute approximate surface area is 201 Å². The van der Waals surface area contributed by atoms with E-state index in [0.717, 1.165) is 0 Å². The summed E-state index contributed by atoms with van der Waals surface area (Å²) in [5, 5.41) is 8.39. The van der Waals surface area contributed by atoms with Gasteiger partial charge in [-0.3, -0.25) is 0 Å². The Morgan fingerprint density at radius 2 is 1.83 bits per heavy atom. The maximum absolute atomic E-state index is 13.9. The van der Waals surface area contributed by atoms with Gasteiger partial charge in [-0.15, -0.1) is 5.10 Å². The van der Waals surface area contributed by atoms with Gasteiger partial charge in [-0.05, 0) is 17.2 Å². The lowest BCUT2D eigenvalue weighted by Gasteiger charge is -2.22. The van der Waals surface area contributed by atoms with Crippen molar-refractivity contribution in [3.8, 4) is 0 Å². The smallest absolute Gasteiger partial charge is 0.348 e. The number of nitrogens with zero attached hydrogens (tertiary/aromatic N) is 6. The summed E-state index contributed by atoms with van der Waals surface area (Å²) in [7, 11) is 0. The molecule has 2 aliphatic heterocycles. The third-order valence-corrected chi connectivity index (χ3v) is 6.44. The number of nitrogens with one attached hydrogen (secondary N) is 2. The number of hydrogen-bond acceptors (Lipinski definition) is 7. The zero-order valence-electron chi connectivity index (χ0n) is 19.0. The lowest BCUT2D eigenvalue weighted by atomic mass is 9.96. The molecule has 0 saturated carbocycles. The molecule has 0 unspecified atom stereocenters. The highest BCUT2D eigenvalue weighted by Crippen LogP contribution is 2.43. The summed E-state index contributed by atoms with van der Waals surface area (Å²) in [5.74, 6) is -2.12. The predicted octanol–water partition coefficient (Wildman–Crippen LogP) is 3.89. The van der Waals surface area contributed by atoms with Crippen LogP contribution in [-0.4, -0.2) is 50.2 Å². The van der Waals surface area contributed by atoms with E-state index >= 15 is 0 Å². The van der Waals surface area contributed by atoms with Gasteiger partial charge in [0, 0.05) is 23.4 Å². The molecule has 8 nitrogen and oxygen atoms in total. The van der Waals surface area contributed by atoms with Gasteiger partial charge in [0.2, 0.25) is 5.66 Å². The summed E-state index contributed by atoms with van der Waals surface area (Å²) >= 11 is 6.34. The van der Waals surface area contributed by atoms with E-state index in [1.165, 1.54) is 27.8 Å². The summed E-state index contributed by atoms with van der Waals surface area (Å²) in [6.07, 6.45) is -4.84. The fourth-order valence-electron chi connectivity index (χ4n) is 4.00. The molecule has 0 spiro atoms. The molecule has 0 bridgehead atoms. The summed E-state index contributed by atoms with van der Waals surface area (Å²) in [5.41, 5.74) is 2.49. The zero-order chi connectivity index (χ0) is 25.4. The second-order valence-corrected chi connectivity index (χ2v) is 10.3. The zero-order valence-corrected chi connectivity index (χ0v) is 19.8. The van der Waals surface area contributed by atoms with Crippen molar-refractivity contribution >= 4 is 28.6 Å². The van der Waals surface area contributed by atoms with Gasteiger partial charge in [-0.25, -0.2) is 34.3 Å². The van der Waals surface area contributed by atoms with Crippen molar-refractivity contribution in [2.75, 3.05) is 18.0 Å². The van der Waals surface area contributed by atoms with Gasteiger partial charge in [0.1, 0.15) is 5.82 Å². The van der Waals surface area contributed by atoms with E-state index in [1.807, 2.05) is 20.8 Å². The van der Waals surface area contributed by atoms with Gasteiger partial charge < -0.3 is 4.90 Å². The first-order valence-corrected chi connectivity index (χ1v) is 11.2. The molecule has 5 rings (SSSR count). The number of rotatable bonds is 4. The van der Waals surface area contributed by atoms with Crippen molar-refractivity contribution in [2.24, 2.45) is 0 Å². The Kier molecular flexibility index (Phi) is 5.28. The monoisotopic (exact) mass is 516 g/mol. The number of aromatic nitrogens is 5. The molecular formula is C21H22ClF5N8. The van der Waals surface area contributed by atoms with Crippen LogP contribution >= 0.6 is 11.6 Å². The highest BCUT2D eigenvalue weighted by atomic mass is 35.5. The fraction of sp³-hybridized carbons (Fsp3) is 0.524. The number of alkyl halides is 5. The van der Waals surface area contributed by atoms with Crippen molar-refractivity contribution < 1.29 is 22.0 Å². The molecule has 1 aromatic carbocycles. The van der Waals surface area contributed by atoms with Gasteiger partial charge in [-0.2, -0.15) is 13.2 Å². The quantitative estimate of drug-likeness (QED) is 0.400. The standard InChI is InChI=1S/C21H22ClF5N8/c1-18(2,3)17-28-15(34-7-6-19(23,24)10-34)14-16(29-17)35(33-30-14)9-11-4-5-12(8-13(11)22)20(31-32-20)21(25,26)27/h4-5,8,31-32H,6-7,9-10H2,1-3H3. The molecule has 2 aromatic heterocycles. The van der Waals surface area contributed by atoms with Crippen LogP contribution in [0.25, 0.3) is 11.2 Å². The Bertz CT molecular complexity index is 1300. The van der Waals surface area contributed by atoms with Gasteiger partial charge in [0.05, 0.1) is 13.1 Å². The summed E-state index contributed by atoms with van der Waals surface area (Å²) in [4.78, 5) is 10.6. The molecule has 0 radical (unpaired) electrons.